The average Bonchev–Trinajstić information content (AvgIpc) is 3.34. The molecule has 0 bridgehead atoms. The molecule has 5 rings (SSSR count). The van der Waals surface area contributed by atoms with E-state index in [1.807, 2.05) is 48.5 Å². The van der Waals surface area contributed by atoms with Crippen LogP contribution in [-0.4, -0.2) is 24.8 Å². The van der Waals surface area contributed by atoms with E-state index in [2.05, 4.69) is 20.3 Å². The summed E-state index contributed by atoms with van der Waals surface area (Å²) in [6.45, 7) is 0. The van der Waals surface area contributed by atoms with E-state index in [1.165, 1.54) is 23.1 Å². The van der Waals surface area contributed by atoms with Gasteiger partial charge in [-0.25, -0.2) is 4.98 Å². The van der Waals surface area contributed by atoms with Gasteiger partial charge in [-0.1, -0.05) is 59.0 Å². The summed E-state index contributed by atoms with van der Waals surface area (Å²) in [4.78, 5) is 5.21. The predicted octanol–water partition coefficient (Wildman–Crippen LogP) is 4.94. The molecular weight excluding hydrogens is 390 g/mol. The Balaban J connectivity index is 1.41. The predicted molar refractivity (Wildman–Crippen MR) is 103 cm³/mol. The van der Waals surface area contributed by atoms with Gasteiger partial charge in [-0.05, 0) is 24.3 Å². The van der Waals surface area contributed by atoms with Crippen molar-refractivity contribution in [2.75, 3.05) is 0 Å². The van der Waals surface area contributed by atoms with Crippen LogP contribution in [0.4, 0.5) is 0 Å². The molecule has 0 N–H and O–H groups in total. The number of oxazole rings is 1. The van der Waals surface area contributed by atoms with E-state index in [-0.39, 0.29) is 0 Å². The normalized spacial score (nSPS) is 11.6. The molecule has 0 aliphatic heterocycles. The van der Waals surface area contributed by atoms with Crippen LogP contribution in [0.1, 0.15) is 5.82 Å². The molecule has 5 aromatic rings. The molecule has 26 heavy (non-hydrogen) atoms. The Kier molecular flexibility index (Phi) is 3.88. The number of benzene rings is 2. The zero-order valence-electron chi connectivity index (χ0n) is 13.2. The Bertz CT molecular complexity index is 1180. The zero-order chi connectivity index (χ0) is 17.5. The fourth-order valence-corrected chi connectivity index (χ4v) is 4.23. The molecule has 2 aromatic carbocycles. The van der Waals surface area contributed by atoms with E-state index in [9.17, 15) is 0 Å². The molecule has 6 nitrogen and oxygen atoms in total. The van der Waals surface area contributed by atoms with Crippen LogP contribution in [0.2, 0.25) is 5.02 Å². The highest BCUT2D eigenvalue weighted by atomic mass is 35.5. The minimum absolute atomic E-state index is 0.567. The van der Waals surface area contributed by atoms with Crippen LogP contribution < -0.4 is 0 Å². The second kappa shape index (κ2) is 6.39. The van der Waals surface area contributed by atoms with Gasteiger partial charge < -0.3 is 4.42 Å². The minimum atomic E-state index is 0.567. The molecule has 3 aromatic heterocycles. The summed E-state index contributed by atoms with van der Waals surface area (Å²) in [5.41, 5.74) is 2.63. The highest BCUT2D eigenvalue weighted by Gasteiger charge is 2.14. The van der Waals surface area contributed by atoms with Gasteiger partial charge in [0.1, 0.15) is 10.5 Å². The molecule has 0 saturated carbocycles. The molecule has 0 aliphatic rings. The van der Waals surface area contributed by atoms with Crippen molar-refractivity contribution in [2.45, 2.75) is 11.0 Å². The number of para-hydroxylation sites is 2. The summed E-state index contributed by atoms with van der Waals surface area (Å²) in [6.07, 6.45) is 0. The van der Waals surface area contributed by atoms with Crippen LogP contribution in [0.15, 0.2) is 58.2 Å². The molecule has 0 atom stereocenters. The van der Waals surface area contributed by atoms with Gasteiger partial charge in [0, 0.05) is 10.6 Å². The SMILES string of the molecule is Clc1ccc(-c2nn3c(CSc4nc5ccccc5o4)nnc3s2)cc1. The minimum Gasteiger partial charge on any atom is -0.431 e. The van der Waals surface area contributed by atoms with E-state index >= 15 is 0 Å². The third-order valence-electron chi connectivity index (χ3n) is 3.75. The lowest BCUT2D eigenvalue weighted by atomic mass is 10.2. The monoisotopic (exact) mass is 399 g/mol. The van der Waals surface area contributed by atoms with E-state index < -0.39 is 0 Å². The maximum Gasteiger partial charge on any atom is 0.257 e. The van der Waals surface area contributed by atoms with Crippen molar-refractivity contribution >= 4 is 50.8 Å². The maximum absolute atomic E-state index is 5.95. The zero-order valence-corrected chi connectivity index (χ0v) is 15.6. The Morgan fingerprint density at radius 1 is 1.08 bits per heavy atom. The summed E-state index contributed by atoms with van der Waals surface area (Å²) in [6, 6.07) is 15.3. The summed E-state index contributed by atoms with van der Waals surface area (Å²) in [5, 5.41) is 15.3. The molecular formula is C17H10ClN5OS2. The Morgan fingerprint density at radius 2 is 1.92 bits per heavy atom. The van der Waals surface area contributed by atoms with Gasteiger partial charge in [-0.3, -0.25) is 0 Å². The van der Waals surface area contributed by atoms with Crippen LogP contribution >= 0.6 is 34.7 Å². The molecule has 0 saturated heterocycles. The van der Waals surface area contributed by atoms with Crippen molar-refractivity contribution in [1.29, 1.82) is 0 Å². The van der Waals surface area contributed by atoms with Crippen molar-refractivity contribution in [3.05, 3.63) is 59.4 Å². The Hall–Kier alpha value is -2.42. The Morgan fingerprint density at radius 3 is 2.77 bits per heavy atom. The number of hydrogen-bond donors (Lipinski definition) is 0. The summed E-state index contributed by atoms with van der Waals surface area (Å²) in [7, 11) is 0. The van der Waals surface area contributed by atoms with Crippen molar-refractivity contribution < 1.29 is 4.42 Å². The summed E-state index contributed by atoms with van der Waals surface area (Å²) in [5.74, 6) is 1.32. The van der Waals surface area contributed by atoms with Crippen molar-refractivity contribution in [3.63, 3.8) is 0 Å². The van der Waals surface area contributed by atoms with Gasteiger partial charge in [-0.15, -0.1) is 10.2 Å². The number of fused-ring (bicyclic) bond motifs is 2. The molecule has 0 fully saturated rings. The topological polar surface area (TPSA) is 69.1 Å². The largest absolute Gasteiger partial charge is 0.431 e. The number of thioether (sulfide) groups is 1. The van der Waals surface area contributed by atoms with Gasteiger partial charge in [-0.2, -0.15) is 9.61 Å². The maximum atomic E-state index is 5.95. The smallest absolute Gasteiger partial charge is 0.257 e. The standard InChI is InChI=1S/C17H10ClN5OS2/c18-11-7-5-10(6-8-11)15-22-23-14(20-21-16(23)26-15)9-25-17-19-12-3-1-2-4-13(12)24-17/h1-8H,9H2. The van der Waals surface area contributed by atoms with Gasteiger partial charge in [0.15, 0.2) is 11.4 Å². The summed E-state index contributed by atoms with van der Waals surface area (Å²) < 4.78 is 7.50. The first-order valence-corrected chi connectivity index (χ1v) is 9.90. The van der Waals surface area contributed by atoms with E-state index in [0.29, 0.717) is 16.0 Å². The highest BCUT2D eigenvalue weighted by Crippen LogP contribution is 2.29. The number of hydrogen-bond acceptors (Lipinski definition) is 7. The van der Waals surface area contributed by atoms with E-state index in [4.69, 9.17) is 16.0 Å². The number of rotatable bonds is 4. The lowest BCUT2D eigenvalue weighted by molar-refractivity contribution is 0.489. The van der Waals surface area contributed by atoms with E-state index in [1.54, 1.807) is 4.52 Å². The third-order valence-corrected chi connectivity index (χ3v) is 5.77. The first-order chi connectivity index (χ1) is 12.8. The molecule has 0 amide bonds. The molecule has 9 heteroatoms. The first-order valence-electron chi connectivity index (χ1n) is 7.72. The summed E-state index contributed by atoms with van der Waals surface area (Å²) >= 11 is 8.91. The molecule has 128 valence electrons. The Labute approximate surface area is 160 Å². The number of halogens is 1. The number of nitrogens with zero attached hydrogens (tertiary/aromatic N) is 5. The van der Waals surface area contributed by atoms with Crippen LogP contribution in [-0.2, 0) is 5.75 Å². The number of aromatic nitrogens is 5. The average molecular weight is 400 g/mol. The molecule has 0 aliphatic carbocycles. The van der Waals surface area contributed by atoms with Crippen LogP contribution in [0, 0.1) is 0 Å². The van der Waals surface area contributed by atoms with Gasteiger partial charge in [0.05, 0.1) is 5.75 Å². The fraction of sp³-hybridized carbons (Fsp3) is 0.0588. The van der Waals surface area contributed by atoms with Crippen LogP contribution in [0.5, 0.6) is 0 Å². The second-order valence-corrected chi connectivity index (χ2v) is 7.78. The molecule has 0 radical (unpaired) electrons. The van der Waals surface area contributed by atoms with Crippen LogP contribution in [0.25, 0.3) is 26.6 Å². The van der Waals surface area contributed by atoms with Crippen LogP contribution in [0.3, 0.4) is 0 Å². The van der Waals surface area contributed by atoms with E-state index in [0.717, 1.165) is 32.5 Å². The molecule has 0 unspecified atom stereocenters. The third kappa shape index (κ3) is 2.86. The lowest BCUT2D eigenvalue weighted by Gasteiger charge is -1.96. The quantitative estimate of drug-likeness (QED) is 0.399. The lowest BCUT2D eigenvalue weighted by Crippen LogP contribution is -1.94. The fourth-order valence-electron chi connectivity index (χ4n) is 2.50. The first kappa shape index (κ1) is 15.8. The second-order valence-electron chi connectivity index (χ2n) is 5.46. The van der Waals surface area contributed by atoms with Gasteiger partial charge in [0.2, 0.25) is 4.96 Å². The molecule has 3 heterocycles. The molecule has 0 spiro atoms. The van der Waals surface area contributed by atoms with Crippen molar-refractivity contribution in [1.82, 2.24) is 24.8 Å². The van der Waals surface area contributed by atoms with Gasteiger partial charge >= 0.3 is 0 Å². The van der Waals surface area contributed by atoms with Crippen molar-refractivity contribution in [2.24, 2.45) is 0 Å². The van der Waals surface area contributed by atoms with Crippen molar-refractivity contribution in [3.8, 4) is 10.6 Å². The highest BCUT2D eigenvalue weighted by molar-refractivity contribution is 7.98. The van der Waals surface area contributed by atoms with Gasteiger partial charge in [0.25, 0.3) is 5.22 Å².